The van der Waals surface area contributed by atoms with Gasteiger partial charge in [-0.25, -0.2) is 14.5 Å². The van der Waals surface area contributed by atoms with Crippen molar-refractivity contribution in [2.45, 2.75) is 45.3 Å². The van der Waals surface area contributed by atoms with Crippen LogP contribution in [0.25, 0.3) is 11.5 Å². The van der Waals surface area contributed by atoms with E-state index in [2.05, 4.69) is 25.7 Å². The van der Waals surface area contributed by atoms with E-state index in [1.165, 1.54) is 0 Å². The quantitative estimate of drug-likeness (QED) is 0.350. The number of guanidine groups is 1. The number of fused-ring (bicyclic) bond motifs is 1. The van der Waals surface area contributed by atoms with Crippen molar-refractivity contribution in [1.82, 2.24) is 30.0 Å². The van der Waals surface area contributed by atoms with E-state index >= 15 is 0 Å². The van der Waals surface area contributed by atoms with Crippen molar-refractivity contribution < 1.29 is 4.42 Å². The Kier molecular flexibility index (Phi) is 6.26. The molecule has 0 spiro atoms. The lowest BCUT2D eigenvalue weighted by atomic mass is 10.2. The Labute approximate surface area is 174 Å². The Bertz CT molecular complexity index is 1050. The summed E-state index contributed by atoms with van der Waals surface area (Å²) in [6.45, 7) is 2.56. The summed E-state index contributed by atoms with van der Waals surface area (Å²) in [7, 11) is 1.72. The molecule has 2 aromatic heterocycles. The first-order valence-corrected chi connectivity index (χ1v) is 10.4. The molecule has 9 nitrogen and oxygen atoms in total. The van der Waals surface area contributed by atoms with Crippen LogP contribution in [0.1, 0.15) is 30.8 Å². The molecule has 9 heteroatoms. The molecule has 0 aliphatic carbocycles. The van der Waals surface area contributed by atoms with Crippen LogP contribution in [0, 0.1) is 0 Å². The monoisotopic (exact) mass is 409 g/mol. The van der Waals surface area contributed by atoms with Crippen molar-refractivity contribution in [2.75, 3.05) is 13.6 Å². The molecule has 0 atom stereocenters. The third-order valence-corrected chi connectivity index (χ3v) is 5.10. The van der Waals surface area contributed by atoms with Gasteiger partial charge in [-0.2, -0.15) is 5.10 Å². The zero-order valence-corrected chi connectivity index (χ0v) is 17.2. The number of benzene rings is 1. The van der Waals surface area contributed by atoms with Crippen LogP contribution in [0.5, 0.6) is 0 Å². The first-order valence-electron chi connectivity index (χ1n) is 10.4. The number of nitrogens with one attached hydrogen (secondary N) is 2. The Morgan fingerprint density at radius 3 is 2.90 bits per heavy atom. The van der Waals surface area contributed by atoms with Gasteiger partial charge in [0.05, 0.1) is 12.2 Å². The highest BCUT2D eigenvalue weighted by atomic mass is 16.3. The van der Waals surface area contributed by atoms with Gasteiger partial charge in [0, 0.05) is 38.7 Å². The normalized spacial score (nSPS) is 13.8. The number of rotatable bonds is 7. The summed E-state index contributed by atoms with van der Waals surface area (Å²) >= 11 is 0. The van der Waals surface area contributed by atoms with E-state index in [0.717, 1.165) is 49.3 Å². The summed E-state index contributed by atoms with van der Waals surface area (Å²) in [6, 6.07) is 9.80. The lowest BCUT2D eigenvalue weighted by Gasteiger charge is -2.10. The van der Waals surface area contributed by atoms with E-state index in [0.29, 0.717) is 31.5 Å². The van der Waals surface area contributed by atoms with Crippen LogP contribution in [0.3, 0.4) is 0 Å². The molecular weight excluding hydrogens is 382 g/mol. The molecule has 1 aromatic carbocycles. The van der Waals surface area contributed by atoms with Crippen LogP contribution in [0.15, 0.2) is 50.8 Å². The van der Waals surface area contributed by atoms with Crippen molar-refractivity contribution >= 4 is 5.96 Å². The van der Waals surface area contributed by atoms with Gasteiger partial charge in [-0.3, -0.25) is 9.56 Å². The predicted molar refractivity (Wildman–Crippen MR) is 114 cm³/mol. The molecule has 0 radical (unpaired) electrons. The summed E-state index contributed by atoms with van der Waals surface area (Å²) in [5.74, 6) is 2.19. The largest absolute Gasteiger partial charge is 0.444 e. The smallest absolute Gasteiger partial charge is 0.345 e. The van der Waals surface area contributed by atoms with Gasteiger partial charge in [0.2, 0.25) is 5.89 Å². The highest BCUT2D eigenvalue weighted by molar-refractivity contribution is 5.79. The number of aliphatic imine (C=N–C) groups is 1. The lowest BCUT2D eigenvalue weighted by molar-refractivity contribution is 0.509. The summed E-state index contributed by atoms with van der Waals surface area (Å²) in [4.78, 5) is 21.1. The topological polar surface area (TPSA) is 102 Å². The second kappa shape index (κ2) is 9.43. The standard InChI is InChI=1S/C21H27N7O2/c1-22-20(24-14-17-15-30-19(25-17)16-8-3-2-4-9-16)23-11-7-13-28-21(29)27-12-6-5-10-18(27)26-28/h2-4,8-9,15H,5-7,10-14H2,1H3,(H2,22,23,24). The van der Waals surface area contributed by atoms with Crippen LogP contribution >= 0.6 is 0 Å². The molecule has 3 aromatic rings. The minimum Gasteiger partial charge on any atom is -0.444 e. The first kappa shape index (κ1) is 19.9. The van der Waals surface area contributed by atoms with E-state index in [1.54, 1.807) is 22.6 Å². The van der Waals surface area contributed by atoms with Gasteiger partial charge in [0.15, 0.2) is 5.96 Å². The van der Waals surface area contributed by atoms with E-state index in [4.69, 9.17) is 4.42 Å². The number of aryl methyl sites for hydroxylation is 2. The van der Waals surface area contributed by atoms with Crippen molar-refractivity contribution in [3.63, 3.8) is 0 Å². The number of oxazole rings is 1. The Balaban J connectivity index is 1.23. The maximum Gasteiger partial charge on any atom is 0.345 e. The second-order valence-electron chi connectivity index (χ2n) is 7.25. The molecule has 2 N–H and O–H groups in total. The third-order valence-electron chi connectivity index (χ3n) is 5.10. The number of nitrogens with zero attached hydrogens (tertiary/aromatic N) is 5. The van der Waals surface area contributed by atoms with Gasteiger partial charge >= 0.3 is 5.69 Å². The Morgan fingerprint density at radius 1 is 1.23 bits per heavy atom. The number of hydrogen-bond donors (Lipinski definition) is 2. The average Bonchev–Trinajstić information content (AvgIpc) is 3.39. The lowest BCUT2D eigenvalue weighted by Crippen LogP contribution is -2.38. The maximum absolute atomic E-state index is 12.4. The van der Waals surface area contributed by atoms with Crippen LogP contribution in [0.2, 0.25) is 0 Å². The highest BCUT2D eigenvalue weighted by Gasteiger charge is 2.16. The second-order valence-corrected chi connectivity index (χ2v) is 7.25. The average molecular weight is 409 g/mol. The molecule has 0 fully saturated rings. The third kappa shape index (κ3) is 4.61. The molecule has 1 aliphatic rings. The molecular formula is C21H27N7O2. The minimum atomic E-state index is 0.00691. The van der Waals surface area contributed by atoms with Gasteiger partial charge in [-0.15, -0.1) is 0 Å². The minimum absolute atomic E-state index is 0.00691. The van der Waals surface area contributed by atoms with Gasteiger partial charge in [0.25, 0.3) is 0 Å². The summed E-state index contributed by atoms with van der Waals surface area (Å²) in [5, 5.41) is 11.0. The molecule has 0 unspecified atom stereocenters. The summed E-state index contributed by atoms with van der Waals surface area (Å²) in [5.41, 5.74) is 1.75. The Hall–Kier alpha value is -3.36. The molecule has 0 saturated heterocycles. The van der Waals surface area contributed by atoms with E-state index in [1.807, 2.05) is 30.3 Å². The van der Waals surface area contributed by atoms with Crippen LogP contribution in [-0.4, -0.2) is 38.9 Å². The van der Waals surface area contributed by atoms with Gasteiger partial charge in [-0.1, -0.05) is 18.2 Å². The highest BCUT2D eigenvalue weighted by Crippen LogP contribution is 2.17. The number of hydrogen-bond acceptors (Lipinski definition) is 5. The van der Waals surface area contributed by atoms with E-state index in [-0.39, 0.29) is 5.69 Å². The van der Waals surface area contributed by atoms with Gasteiger partial charge < -0.3 is 15.1 Å². The van der Waals surface area contributed by atoms with Crippen molar-refractivity contribution in [3.8, 4) is 11.5 Å². The first-order chi connectivity index (χ1) is 14.7. The molecule has 0 bridgehead atoms. The maximum atomic E-state index is 12.4. The number of aromatic nitrogens is 4. The molecule has 1 aliphatic heterocycles. The molecule has 0 amide bonds. The zero-order chi connectivity index (χ0) is 20.8. The van der Waals surface area contributed by atoms with Gasteiger partial charge in [-0.05, 0) is 31.4 Å². The zero-order valence-electron chi connectivity index (χ0n) is 17.2. The summed E-state index contributed by atoms with van der Waals surface area (Å²) < 4.78 is 8.94. The molecule has 158 valence electrons. The molecule has 4 rings (SSSR count). The van der Waals surface area contributed by atoms with Gasteiger partial charge in [0.1, 0.15) is 12.1 Å². The molecule has 30 heavy (non-hydrogen) atoms. The SMILES string of the molecule is CN=C(NCCCn1nc2n(c1=O)CCCC2)NCc1coc(-c2ccccc2)n1. The molecule has 3 heterocycles. The van der Waals surface area contributed by atoms with Crippen molar-refractivity contribution in [3.05, 3.63) is 58.6 Å². The Morgan fingerprint density at radius 2 is 2.10 bits per heavy atom. The van der Waals surface area contributed by atoms with E-state index in [9.17, 15) is 4.79 Å². The fourth-order valence-electron chi connectivity index (χ4n) is 3.53. The van der Waals surface area contributed by atoms with Crippen LogP contribution < -0.4 is 16.3 Å². The fourth-order valence-corrected chi connectivity index (χ4v) is 3.53. The van der Waals surface area contributed by atoms with Crippen LogP contribution in [-0.2, 0) is 26.1 Å². The van der Waals surface area contributed by atoms with Crippen LogP contribution in [0.4, 0.5) is 0 Å². The summed E-state index contributed by atoms with van der Waals surface area (Å²) in [6.07, 6.45) is 5.48. The van der Waals surface area contributed by atoms with Crippen molar-refractivity contribution in [2.24, 2.45) is 4.99 Å². The predicted octanol–water partition coefficient (Wildman–Crippen LogP) is 1.79. The fraction of sp³-hybridized carbons (Fsp3) is 0.429. The van der Waals surface area contributed by atoms with Crippen molar-refractivity contribution in [1.29, 1.82) is 0 Å². The molecule has 0 saturated carbocycles. The van der Waals surface area contributed by atoms with E-state index < -0.39 is 0 Å².